The molecule has 0 radical (unpaired) electrons. The number of nitrogens with zero attached hydrogens (tertiary/aromatic N) is 1. The second-order valence-electron chi connectivity index (χ2n) is 5.98. The van der Waals surface area contributed by atoms with Crippen LogP contribution in [-0.2, 0) is 16.0 Å². The minimum Gasteiger partial charge on any atom is -0.508 e. The van der Waals surface area contributed by atoms with Gasteiger partial charge in [-0.15, -0.1) is 0 Å². The summed E-state index contributed by atoms with van der Waals surface area (Å²) in [5.41, 5.74) is 2.63. The first-order chi connectivity index (χ1) is 11.6. The van der Waals surface area contributed by atoms with E-state index in [-0.39, 0.29) is 24.0 Å². The van der Waals surface area contributed by atoms with Crippen LogP contribution in [0.5, 0.6) is 5.75 Å². The topological polar surface area (TPSA) is 69.6 Å². The number of hydrogen-bond donors (Lipinski definition) is 2. The molecular weight excluding hydrogens is 304 g/mol. The molecule has 5 heteroatoms. The normalized spacial score (nSPS) is 17.5. The van der Waals surface area contributed by atoms with Crippen molar-refractivity contribution in [1.29, 1.82) is 0 Å². The van der Waals surface area contributed by atoms with Crippen molar-refractivity contribution < 1.29 is 14.7 Å². The number of benzene rings is 2. The Morgan fingerprint density at radius 3 is 2.54 bits per heavy atom. The lowest BCUT2D eigenvalue weighted by Gasteiger charge is -2.17. The smallest absolute Gasteiger partial charge is 0.251 e. The molecule has 1 saturated heterocycles. The van der Waals surface area contributed by atoms with E-state index in [1.165, 1.54) is 4.90 Å². The Morgan fingerprint density at radius 2 is 1.83 bits per heavy atom. The van der Waals surface area contributed by atoms with Crippen LogP contribution in [0.4, 0.5) is 5.69 Å². The van der Waals surface area contributed by atoms with Crippen LogP contribution in [0.3, 0.4) is 0 Å². The number of carbonyl (C=O) groups excluding carboxylic acids is 2. The van der Waals surface area contributed by atoms with Crippen molar-refractivity contribution in [3.63, 3.8) is 0 Å². The third-order valence-corrected chi connectivity index (χ3v) is 4.24. The first kappa shape index (κ1) is 16.2. The van der Waals surface area contributed by atoms with Gasteiger partial charge in [-0.3, -0.25) is 9.59 Å². The Balaban J connectivity index is 1.62. The average Bonchev–Trinajstić information content (AvgIpc) is 2.84. The van der Waals surface area contributed by atoms with Gasteiger partial charge in [-0.05, 0) is 49.2 Å². The van der Waals surface area contributed by atoms with Gasteiger partial charge < -0.3 is 10.4 Å². The number of phenols is 1. The summed E-state index contributed by atoms with van der Waals surface area (Å²) in [4.78, 5) is 26.1. The van der Waals surface area contributed by atoms with Crippen molar-refractivity contribution in [1.82, 2.24) is 5.32 Å². The third-order valence-electron chi connectivity index (χ3n) is 4.24. The highest BCUT2D eigenvalue weighted by molar-refractivity contribution is 6.22. The molecule has 3 rings (SSSR count). The van der Waals surface area contributed by atoms with Gasteiger partial charge in [0, 0.05) is 0 Å². The lowest BCUT2D eigenvalue weighted by Crippen LogP contribution is -2.39. The highest BCUT2D eigenvalue weighted by Crippen LogP contribution is 2.25. The van der Waals surface area contributed by atoms with Crippen molar-refractivity contribution >= 4 is 17.5 Å². The first-order valence-corrected chi connectivity index (χ1v) is 8.00. The van der Waals surface area contributed by atoms with Crippen molar-refractivity contribution in [2.24, 2.45) is 0 Å². The lowest BCUT2D eigenvalue weighted by atomic mass is 10.1. The maximum Gasteiger partial charge on any atom is 0.251 e. The Kier molecular flexibility index (Phi) is 4.62. The molecule has 0 saturated carbocycles. The Hall–Kier alpha value is -2.66. The van der Waals surface area contributed by atoms with E-state index in [0.717, 1.165) is 17.5 Å². The van der Waals surface area contributed by atoms with E-state index in [1.54, 1.807) is 18.2 Å². The molecule has 2 amide bonds. The Bertz CT molecular complexity index is 755. The second-order valence-corrected chi connectivity index (χ2v) is 5.98. The summed E-state index contributed by atoms with van der Waals surface area (Å²) in [6.45, 7) is 2.48. The van der Waals surface area contributed by atoms with Gasteiger partial charge >= 0.3 is 0 Å². The Morgan fingerprint density at radius 1 is 1.12 bits per heavy atom. The van der Waals surface area contributed by atoms with Crippen molar-refractivity contribution in [2.45, 2.75) is 25.8 Å². The predicted octanol–water partition coefficient (Wildman–Crippen LogP) is 2.16. The number of amides is 2. The number of anilines is 1. The van der Waals surface area contributed by atoms with Crippen LogP contribution in [0.15, 0.2) is 48.5 Å². The van der Waals surface area contributed by atoms with Crippen LogP contribution in [0.1, 0.15) is 17.5 Å². The maximum atomic E-state index is 12.6. The summed E-state index contributed by atoms with van der Waals surface area (Å²) in [5, 5.41) is 12.4. The molecule has 1 aliphatic heterocycles. The number of carbonyl (C=O) groups is 2. The van der Waals surface area contributed by atoms with Gasteiger partial charge in [-0.2, -0.15) is 0 Å². The van der Waals surface area contributed by atoms with Crippen molar-refractivity contribution in [2.75, 3.05) is 11.4 Å². The lowest BCUT2D eigenvalue weighted by molar-refractivity contribution is -0.121. The van der Waals surface area contributed by atoms with Crippen LogP contribution in [0.2, 0.25) is 0 Å². The first-order valence-electron chi connectivity index (χ1n) is 8.00. The monoisotopic (exact) mass is 324 g/mol. The van der Waals surface area contributed by atoms with Gasteiger partial charge in [0.25, 0.3) is 5.91 Å². The number of nitrogens with one attached hydrogen (secondary N) is 1. The molecule has 0 bridgehead atoms. The molecule has 1 aliphatic rings. The number of imide groups is 1. The molecule has 1 fully saturated rings. The number of para-hydroxylation sites is 1. The largest absolute Gasteiger partial charge is 0.508 e. The predicted molar refractivity (Wildman–Crippen MR) is 91.9 cm³/mol. The fourth-order valence-corrected chi connectivity index (χ4v) is 2.91. The molecule has 1 atom stereocenters. The third kappa shape index (κ3) is 3.31. The van der Waals surface area contributed by atoms with Gasteiger partial charge in [-0.1, -0.05) is 30.3 Å². The zero-order chi connectivity index (χ0) is 17.1. The molecule has 2 aromatic rings. The molecule has 0 aromatic heterocycles. The van der Waals surface area contributed by atoms with Crippen LogP contribution < -0.4 is 10.2 Å². The fourth-order valence-electron chi connectivity index (χ4n) is 2.91. The summed E-state index contributed by atoms with van der Waals surface area (Å²) in [5.74, 6) is -0.131. The van der Waals surface area contributed by atoms with Crippen LogP contribution >= 0.6 is 0 Å². The molecule has 0 aliphatic carbocycles. The van der Waals surface area contributed by atoms with Gasteiger partial charge in [-0.25, -0.2) is 4.90 Å². The second kappa shape index (κ2) is 6.84. The molecule has 24 heavy (non-hydrogen) atoms. The average molecular weight is 324 g/mol. The molecule has 1 heterocycles. The molecule has 2 N–H and O–H groups in total. The fraction of sp³-hybridized carbons (Fsp3) is 0.263. The van der Waals surface area contributed by atoms with E-state index in [9.17, 15) is 14.7 Å². The molecule has 0 spiro atoms. The zero-order valence-corrected chi connectivity index (χ0v) is 13.5. The van der Waals surface area contributed by atoms with E-state index in [0.29, 0.717) is 12.2 Å². The highest BCUT2D eigenvalue weighted by Gasteiger charge is 2.39. The molecule has 124 valence electrons. The molecule has 2 aromatic carbocycles. The standard InChI is InChI=1S/C19H20N2O3/c1-13-4-2-3-5-17(13)21-18(23)12-16(19(21)24)20-11-10-14-6-8-15(22)9-7-14/h2-9,16,20,22H,10-12H2,1H3/t16-/m0/s1. The van der Waals surface area contributed by atoms with Crippen LogP contribution in [0.25, 0.3) is 0 Å². The molecular formula is C19H20N2O3. The van der Waals surface area contributed by atoms with E-state index < -0.39 is 6.04 Å². The van der Waals surface area contributed by atoms with Gasteiger partial charge in [0.05, 0.1) is 18.2 Å². The van der Waals surface area contributed by atoms with E-state index >= 15 is 0 Å². The SMILES string of the molecule is Cc1ccccc1N1C(=O)C[C@H](NCCc2ccc(O)cc2)C1=O. The minimum atomic E-state index is -0.478. The number of hydrogen-bond acceptors (Lipinski definition) is 4. The number of aryl methyl sites for hydroxylation is 1. The summed E-state index contributed by atoms with van der Waals surface area (Å²) in [7, 11) is 0. The van der Waals surface area contributed by atoms with Gasteiger partial charge in [0.15, 0.2) is 0 Å². The summed E-state index contributed by atoms with van der Waals surface area (Å²) in [6, 6.07) is 13.9. The van der Waals surface area contributed by atoms with Gasteiger partial charge in [0.2, 0.25) is 5.91 Å². The van der Waals surface area contributed by atoms with Crippen molar-refractivity contribution in [3.05, 3.63) is 59.7 Å². The minimum absolute atomic E-state index is 0.170. The van der Waals surface area contributed by atoms with E-state index in [4.69, 9.17) is 0 Å². The number of rotatable bonds is 5. The number of aromatic hydroxyl groups is 1. The summed E-state index contributed by atoms with van der Waals surface area (Å²) < 4.78 is 0. The number of phenolic OH excluding ortho intramolecular Hbond substituents is 1. The van der Waals surface area contributed by atoms with Gasteiger partial charge in [0.1, 0.15) is 5.75 Å². The summed E-state index contributed by atoms with van der Waals surface area (Å²) in [6.07, 6.45) is 0.908. The molecule has 5 nitrogen and oxygen atoms in total. The zero-order valence-electron chi connectivity index (χ0n) is 13.5. The van der Waals surface area contributed by atoms with E-state index in [1.807, 2.05) is 37.3 Å². The Labute approximate surface area is 140 Å². The molecule has 0 unspecified atom stereocenters. The maximum absolute atomic E-state index is 12.6. The quantitative estimate of drug-likeness (QED) is 0.827. The van der Waals surface area contributed by atoms with E-state index in [2.05, 4.69) is 5.32 Å². The highest BCUT2D eigenvalue weighted by atomic mass is 16.3. The van der Waals surface area contributed by atoms with Crippen LogP contribution in [0, 0.1) is 6.92 Å². The van der Waals surface area contributed by atoms with Crippen molar-refractivity contribution in [3.8, 4) is 5.75 Å². The summed E-state index contributed by atoms with van der Waals surface area (Å²) >= 11 is 0. The van der Waals surface area contributed by atoms with Crippen LogP contribution in [-0.4, -0.2) is 29.5 Å².